The van der Waals surface area contributed by atoms with E-state index in [2.05, 4.69) is 15.4 Å². The number of amides is 1. The lowest BCUT2D eigenvalue weighted by Crippen LogP contribution is -2.28. The van der Waals surface area contributed by atoms with Crippen LogP contribution in [0.2, 0.25) is 0 Å². The molecule has 0 aliphatic rings. The Balaban J connectivity index is 1.61. The van der Waals surface area contributed by atoms with Crippen LogP contribution in [0.1, 0.15) is 11.1 Å². The molecule has 31 heavy (non-hydrogen) atoms. The molecule has 0 spiro atoms. The van der Waals surface area contributed by atoms with Crippen molar-refractivity contribution in [1.29, 1.82) is 0 Å². The Bertz CT molecular complexity index is 1330. The number of fused-ring (bicyclic) bond motifs is 1. The van der Waals surface area contributed by atoms with Crippen molar-refractivity contribution in [2.24, 2.45) is 0 Å². The standard InChI is InChI=1S/C22H21N5O4/c1-14-8-9-18(30-3)16(12-14)24-19(28)13-27-22(29)26-11-10-23-21(20(26)25-27)31-17-7-5-4-6-15(17)2/h4-12H,13H2,1-3H3,(H,24,28). The molecule has 0 saturated carbocycles. The number of hydrogen-bond acceptors (Lipinski definition) is 6. The maximum Gasteiger partial charge on any atom is 0.351 e. The average Bonchev–Trinajstić information content (AvgIpc) is 3.06. The van der Waals surface area contributed by atoms with Crippen molar-refractivity contribution >= 4 is 17.2 Å². The number of aromatic nitrogens is 4. The Kier molecular flexibility index (Phi) is 5.40. The van der Waals surface area contributed by atoms with Crippen molar-refractivity contribution in [1.82, 2.24) is 19.2 Å². The Labute approximate surface area is 177 Å². The van der Waals surface area contributed by atoms with E-state index in [1.807, 2.05) is 38.1 Å². The molecule has 0 atom stereocenters. The van der Waals surface area contributed by atoms with E-state index >= 15 is 0 Å². The lowest BCUT2D eigenvalue weighted by molar-refractivity contribution is -0.117. The van der Waals surface area contributed by atoms with Crippen molar-refractivity contribution in [2.45, 2.75) is 20.4 Å². The van der Waals surface area contributed by atoms with E-state index < -0.39 is 11.6 Å². The summed E-state index contributed by atoms with van der Waals surface area (Å²) in [5.74, 6) is 0.894. The van der Waals surface area contributed by atoms with Crippen LogP contribution < -0.4 is 20.5 Å². The molecular formula is C22H21N5O4. The maximum atomic E-state index is 12.7. The number of nitrogens with zero attached hydrogens (tertiary/aromatic N) is 4. The summed E-state index contributed by atoms with van der Waals surface area (Å²) in [5.41, 5.74) is 2.15. The molecule has 4 rings (SSSR count). The van der Waals surface area contributed by atoms with Crippen LogP contribution >= 0.6 is 0 Å². The third-order valence-electron chi connectivity index (χ3n) is 4.69. The SMILES string of the molecule is COc1ccc(C)cc1NC(=O)Cn1nc2c(Oc3ccccc3C)nccn2c1=O. The second-order valence-corrected chi connectivity index (χ2v) is 6.99. The van der Waals surface area contributed by atoms with Crippen LogP contribution in [0.3, 0.4) is 0 Å². The van der Waals surface area contributed by atoms with Gasteiger partial charge >= 0.3 is 5.69 Å². The summed E-state index contributed by atoms with van der Waals surface area (Å²) < 4.78 is 13.5. The number of nitrogens with one attached hydrogen (secondary N) is 1. The summed E-state index contributed by atoms with van der Waals surface area (Å²) in [6, 6.07) is 12.9. The Morgan fingerprint density at radius 3 is 2.71 bits per heavy atom. The van der Waals surface area contributed by atoms with Crippen molar-refractivity contribution in [3.8, 4) is 17.4 Å². The first-order valence-corrected chi connectivity index (χ1v) is 9.58. The van der Waals surface area contributed by atoms with E-state index in [-0.39, 0.29) is 18.1 Å². The molecule has 0 saturated heterocycles. The molecule has 0 aliphatic carbocycles. The molecule has 0 radical (unpaired) electrons. The van der Waals surface area contributed by atoms with Crippen molar-refractivity contribution in [2.75, 3.05) is 12.4 Å². The maximum absolute atomic E-state index is 12.7. The van der Waals surface area contributed by atoms with Gasteiger partial charge < -0.3 is 14.8 Å². The zero-order chi connectivity index (χ0) is 22.0. The number of aryl methyl sites for hydroxylation is 2. The summed E-state index contributed by atoms with van der Waals surface area (Å²) in [4.78, 5) is 29.5. The van der Waals surface area contributed by atoms with Gasteiger partial charge in [0.05, 0.1) is 12.8 Å². The number of anilines is 1. The molecule has 0 bridgehead atoms. The van der Waals surface area contributed by atoms with Crippen LogP contribution in [0.4, 0.5) is 5.69 Å². The van der Waals surface area contributed by atoms with Gasteiger partial charge in [0, 0.05) is 12.4 Å². The zero-order valence-electron chi connectivity index (χ0n) is 17.3. The molecule has 1 amide bonds. The van der Waals surface area contributed by atoms with Crippen LogP contribution in [0.15, 0.2) is 59.7 Å². The van der Waals surface area contributed by atoms with Gasteiger partial charge in [-0.3, -0.25) is 4.79 Å². The van der Waals surface area contributed by atoms with E-state index in [4.69, 9.17) is 9.47 Å². The van der Waals surface area contributed by atoms with Gasteiger partial charge in [0.25, 0.3) is 5.88 Å². The molecule has 9 heteroatoms. The number of rotatable bonds is 6. The van der Waals surface area contributed by atoms with Crippen LogP contribution in [-0.4, -0.2) is 32.2 Å². The van der Waals surface area contributed by atoms with Crippen LogP contribution in [0.25, 0.3) is 5.65 Å². The largest absolute Gasteiger partial charge is 0.495 e. The number of benzene rings is 2. The lowest BCUT2D eigenvalue weighted by atomic mass is 10.2. The first-order chi connectivity index (χ1) is 15.0. The highest BCUT2D eigenvalue weighted by Gasteiger charge is 2.17. The summed E-state index contributed by atoms with van der Waals surface area (Å²) in [6.07, 6.45) is 2.93. The predicted molar refractivity (Wildman–Crippen MR) is 115 cm³/mol. The highest BCUT2D eigenvalue weighted by molar-refractivity contribution is 5.92. The first-order valence-electron chi connectivity index (χ1n) is 9.58. The molecule has 9 nitrogen and oxygen atoms in total. The van der Waals surface area contributed by atoms with E-state index in [0.717, 1.165) is 15.8 Å². The summed E-state index contributed by atoms with van der Waals surface area (Å²) in [7, 11) is 1.52. The minimum Gasteiger partial charge on any atom is -0.495 e. The molecule has 0 aliphatic heterocycles. The van der Waals surface area contributed by atoms with Gasteiger partial charge in [0.2, 0.25) is 11.6 Å². The van der Waals surface area contributed by atoms with E-state index in [1.54, 1.807) is 18.2 Å². The van der Waals surface area contributed by atoms with Gasteiger partial charge in [-0.15, -0.1) is 5.10 Å². The molecule has 2 aromatic carbocycles. The molecule has 2 heterocycles. The van der Waals surface area contributed by atoms with Crippen LogP contribution in [0.5, 0.6) is 17.4 Å². The monoisotopic (exact) mass is 419 g/mol. The van der Waals surface area contributed by atoms with E-state index in [9.17, 15) is 9.59 Å². The Hall–Kier alpha value is -4.14. The molecule has 0 fully saturated rings. The van der Waals surface area contributed by atoms with Crippen molar-refractivity contribution in [3.05, 3.63) is 76.5 Å². The van der Waals surface area contributed by atoms with Gasteiger partial charge in [0.1, 0.15) is 18.0 Å². The fourth-order valence-corrected chi connectivity index (χ4v) is 3.12. The molecular weight excluding hydrogens is 398 g/mol. The minimum absolute atomic E-state index is 0.174. The summed E-state index contributed by atoms with van der Waals surface area (Å²) in [6.45, 7) is 3.54. The quantitative estimate of drug-likeness (QED) is 0.516. The smallest absolute Gasteiger partial charge is 0.351 e. The molecule has 158 valence electrons. The van der Waals surface area contributed by atoms with E-state index in [0.29, 0.717) is 17.2 Å². The van der Waals surface area contributed by atoms with Gasteiger partial charge in [-0.05, 0) is 43.2 Å². The van der Waals surface area contributed by atoms with Crippen molar-refractivity contribution < 1.29 is 14.3 Å². The summed E-state index contributed by atoms with van der Waals surface area (Å²) >= 11 is 0. The topological polar surface area (TPSA) is 99.8 Å². The van der Waals surface area contributed by atoms with Crippen molar-refractivity contribution in [3.63, 3.8) is 0 Å². The van der Waals surface area contributed by atoms with Crippen LogP contribution in [-0.2, 0) is 11.3 Å². The van der Waals surface area contributed by atoms with Gasteiger partial charge in [-0.1, -0.05) is 24.3 Å². The highest BCUT2D eigenvalue weighted by Crippen LogP contribution is 2.26. The second kappa shape index (κ2) is 8.31. The second-order valence-electron chi connectivity index (χ2n) is 6.99. The van der Waals surface area contributed by atoms with E-state index in [1.165, 1.54) is 23.9 Å². The first kappa shape index (κ1) is 20.1. The number of hydrogen-bond donors (Lipinski definition) is 1. The lowest BCUT2D eigenvalue weighted by Gasteiger charge is -2.10. The minimum atomic E-state index is -0.474. The number of carbonyl (C=O) groups excluding carboxylic acids is 1. The van der Waals surface area contributed by atoms with Gasteiger partial charge in [-0.2, -0.15) is 0 Å². The molecule has 0 unspecified atom stereocenters. The van der Waals surface area contributed by atoms with Gasteiger partial charge in [0.15, 0.2) is 0 Å². The zero-order valence-corrected chi connectivity index (χ0v) is 17.3. The van der Waals surface area contributed by atoms with Crippen LogP contribution in [0, 0.1) is 13.8 Å². The highest BCUT2D eigenvalue weighted by atomic mass is 16.5. The number of carbonyl (C=O) groups is 1. The molecule has 4 aromatic rings. The average molecular weight is 419 g/mol. The third-order valence-corrected chi connectivity index (χ3v) is 4.69. The molecule has 2 aromatic heterocycles. The Morgan fingerprint density at radius 2 is 1.94 bits per heavy atom. The Morgan fingerprint density at radius 1 is 1.13 bits per heavy atom. The number of methoxy groups -OCH3 is 1. The normalized spacial score (nSPS) is 10.8. The van der Waals surface area contributed by atoms with Gasteiger partial charge in [-0.25, -0.2) is 18.9 Å². The summed E-state index contributed by atoms with van der Waals surface area (Å²) in [5, 5.41) is 7.03. The number of para-hydroxylation sites is 1. The fraction of sp³-hybridized carbons (Fsp3) is 0.182. The molecule has 1 N–H and O–H groups in total. The number of ether oxygens (including phenoxy) is 2. The fourth-order valence-electron chi connectivity index (χ4n) is 3.12. The predicted octanol–water partition coefficient (Wildman–Crippen LogP) is 2.95. The third kappa shape index (κ3) is 4.11.